The Balaban J connectivity index is 0.00000156. The van der Waals surface area contributed by atoms with Crippen molar-refractivity contribution in [2.24, 2.45) is 0 Å². The van der Waals surface area contributed by atoms with E-state index in [-0.39, 0.29) is 6.84 Å². The van der Waals surface area contributed by atoms with Crippen LogP contribution in [0.3, 0.4) is 0 Å². The molecule has 1 saturated heterocycles. The summed E-state index contributed by atoms with van der Waals surface area (Å²) >= 11 is 0. The molecule has 3 rings (SSSR count). The number of aromatic nitrogens is 3. The van der Waals surface area contributed by atoms with Crippen molar-refractivity contribution in [2.75, 3.05) is 19.8 Å². The summed E-state index contributed by atoms with van der Waals surface area (Å²) in [7, 11) is 0. The molecule has 0 radical (unpaired) electrons. The first-order valence-electron chi connectivity index (χ1n) is 11.3. The van der Waals surface area contributed by atoms with E-state index >= 15 is 0 Å². The minimum absolute atomic E-state index is 0. The maximum atomic E-state index is 5.96. The molecule has 30 heavy (non-hydrogen) atoms. The fourth-order valence-corrected chi connectivity index (χ4v) is 4.06. The molecule has 1 N–H and O–H groups in total. The summed E-state index contributed by atoms with van der Waals surface area (Å²) in [4.78, 5) is 13.5. The van der Waals surface area contributed by atoms with E-state index in [2.05, 4.69) is 40.6 Å². The molecule has 0 unspecified atom stereocenters. The van der Waals surface area contributed by atoms with Crippen LogP contribution in [-0.2, 0) is 16.7 Å². The maximum absolute atomic E-state index is 5.96. The van der Waals surface area contributed by atoms with Crippen molar-refractivity contribution in [1.82, 2.24) is 20.3 Å². The van der Waals surface area contributed by atoms with E-state index in [1.54, 1.807) is 0 Å². The average molecular weight is 413 g/mol. The average Bonchev–Trinajstić information content (AvgIpc) is 2.85. The zero-order valence-electron chi connectivity index (χ0n) is 18.6. The van der Waals surface area contributed by atoms with Crippen molar-refractivity contribution in [3.05, 3.63) is 67.0 Å². The minimum atomic E-state index is 0. The zero-order valence-corrected chi connectivity index (χ0v) is 18.6. The number of nitrogens with zero attached hydrogens (tertiary/aromatic N) is 3. The molecule has 2 aromatic rings. The smallest absolute Gasteiger partial charge is 0.0724 e. The van der Waals surface area contributed by atoms with Crippen LogP contribution in [-0.4, -0.2) is 34.7 Å². The third-order valence-electron chi connectivity index (χ3n) is 5.80. The third kappa shape index (κ3) is 7.96. The van der Waals surface area contributed by atoms with Gasteiger partial charge in [0.05, 0.1) is 11.4 Å². The van der Waals surface area contributed by atoms with Crippen LogP contribution in [0.25, 0.3) is 0 Å². The van der Waals surface area contributed by atoms with Crippen LogP contribution in [0.1, 0.15) is 69.9 Å². The summed E-state index contributed by atoms with van der Waals surface area (Å²) < 4.78 is 5.96. The van der Waals surface area contributed by atoms with Crippen LogP contribution < -0.4 is 5.32 Å². The van der Waals surface area contributed by atoms with Crippen LogP contribution in [0.2, 0.25) is 0 Å². The molecule has 1 aliphatic heterocycles. The fraction of sp³-hybridized carbons (Fsp3) is 0.560. The molecule has 3 heterocycles. The number of hydrogen-bond donors (Lipinski definition) is 1. The molecule has 5 nitrogen and oxygen atoms in total. The molecule has 1 fully saturated rings. The first-order chi connectivity index (χ1) is 14.8. The van der Waals surface area contributed by atoms with Crippen LogP contribution in [0.5, 0.6) is 0 Å². The zero-order chi connectivity index (χ0) is 21.5. The van der Waals surface area contributed by atoms with E-state index in [0.29, 0.717) is 0 Å². The molecule has 166 valence electrons. The van der Waals surface area contributed by atoms with Crippen LogP contribution in [0.15, 0.2) is 49.9 Å². The van der Waals surface area contributed by atoms with Gasteiger partial charge in [0.1, 0.15) is 0 Å². The highest BCUT2D eigenvalue weighted by atomic mass is 16.5. The van der Waals surface area contributed by atoms with E-state index in [4.69, 9.17) is 9.72 Å². The van der Waals surface area contributed by atoms with Gasteiger partial charge >= 0.3 is 0 Å². The summed E-state index contributed by atoms with van der Waals surface area (Å²) in [5.41, 5.74) is 3.24. The molecule has 1 atom stereocenters. The van der Waals surface area contributed by atoms with Gasteiger partial charge in [-0.3, -0.25) is 15.0 Å². The molecule has 0 aliphatic carbocycles. The van der Waals surface area contributed by atoms with Gasteiger partial charge in [0.2, 0.25) is 0 Å². The number of nitrogens with one attached hydrogen (secondary N) is 1. The second-order valence-electron chi connectivity index (χ2n) is 7.95. The number of rotatable bonds is 6. The highest BCUT2D eigenvalue weighted by molar-refractivity contribution is 5.17. The highest BCUT2D eigenvalue weighted by Gasteiger charge is 2.32. The van der Waals surface area contributed by atoms with Gasteiger partial charge in [0, 0.05) is 50.9 Å². The van der Waals surface area contributed by atoms with Gasteiger partial charge in [-0.1, -0.05) is 31.7 Å². The van der Waals surface area contributed by atoms with E-state index in [9.17, 15) is 0 Å². The summed E-state index contributed by atoms with van der Waals surface area (Å²) in [6.45, 7) is 11.4. The first-order valence-corrected chi connectivity index (χ1v) is 11.3. The quantitative estimate of drug-likeness (QED) is 0.508. The van der Waals surface area contributed by atoms with Gasteiger partial charge in [-0.15, -0.1) is 13.2 Å². The van der Waals surface area contributed by atoms with Crippen molar-refractivity contribution in [1.29, 1.82) is 0 Å². The van der Waals surface area contributed by atoms with Crippen LogP contribution in [0.4, 0.5) is 0 Å². The molecule has 0 amide bonds. The van der Waals surface area contributed by atoms with Crippen LogP contribution >= 0.6 is 0 Å². The van der Waals surface area contributed by atoms with Crippen molar-refractivity contribution in [3.63, 3.8) is 0 Å². The molecule has 5 heteroatoms. The minimum Gasteiger partial charge on any atom is -0.381 e. The Morgan fingerprint density at radius 3 is 2.60 bits per heavy atom. The van der Waals surface area contributed by atoms with Gasteiger partial charge in [0.25, 0.3) is 0 Å². The third-order valence-corrected chi connectivity index (χ3v) is 5.80. The molecular weight excluding hydrogens is 372 g/mol. The standard InChI is InChI=1S/C23H34N4O.C2H4.H2/c1-20-17-27-21(19-26-20)18-24-14-11-23(22-9-5-7-13-25-22)10-6-3-2-4-8-15-28-16-12-23;1-2;/h5,7,9,13,17,19,24H,2-4,6,8,10-12,14-16,18H2,1H3;1-2H2;1H/t23-;;/m1../s1. The second-order valence-corrected chi connectivity index (χ2v) is 7.95. The van der Waals surface area contributed by atoms with Crippen LogP contribution in [0, 0.1) is 6.92 Å². The predicted molar refractivity (Wildman–Crippen MR) is 126 cm³/mol. The Hall–Kier alpha value is -2.11. The normalized spacial score (nSPS) is 20.4. The van der Waals surface area contributed by atoms with Crippen molar-refractivity contribution in [2.45, 2.75) is 70.3 Å². The topological polar surface area (TPSA) is 59.9 Å². The molecule has 0 spiro atoms. The van der Waals surface area contributed by atoms with E-state index in [0.717, 1.165) is 50.5 Å². The lowest BCUT2D eigenvalue weighted by molar-refractivity contribution is 0.106. The Bertz CT molecular complexity index is 684. The Morgan fingerprint density at radius 2 is 1.83 bits per heavy atom. The second kappa shape index (κ2) is 14.0. The van der Waals surface area contributed by atoms with Gasteiger partial charge in [-0.25, -0.2) is 0 Å². The maximum Gasteiger partial charge on any atom is 0.0724 e. The van der Waals surface area contributed by atoms with Gasteiger partial charge < -0.3 is 10.1 Å². The lowest BCUT2D eigenvalue weighted by Gasteiger charge is -2.34. The number of pyridine rings is 1. The van der Waals surface area contributed by atoms with Crippen molar-refractivity contribution >= 4 is 0 Å². The van der Waals surface area contributed by atoms with Crippen molar-refractivity contribution < 1.29 is 6.16 Å². The Morgan fingerprint density at radius 1 is 1.00 bits per heavy atom. The van der Waals surface area contributed by atoms with E-state index in [1.807, 2.05) is 31.6 Å². The summed E-state index contributed by atoms with van der Waals surface area (Å²) in [5, 5.41) is 3.57. The lowest BCUT2D eigenvalue weighted by atomic mass is 9.73. The first kappa shape index (κ1) is 24.2. The van der Waals surface area contributed by atoms with Crippen molar-refractivity contribution in [3.8, 4) is 0 Å². The number of aryl methyl sites for hydroxylation is 1. The van der Waals surface area contributed by atoms with Gasteiger partial charge in [0.15, 0.2) is 0 Å². The summed E-state index contributed by atoms with van der Waals surface area (Å²) in [6, 6.07) is 6.32. The van der Waals surface area contributed by atoms with Gasteiger partial charge in [-0.2, -0.15) is 0 Å². The SMILES string of the molecule is C=C.Cc1cnc(CNCC[C@]2(c3ccccn3)CCCCCCCOCC2)cn1.[HH]. The molecule has 1 aliphatic rings. The Labute approximate surface area is 183 Å². The Kier molecular flexibility index (Phi) is 11.3. The number of ether oxygens (including phenoxy) is 1. The predicted octanol–water partition coefficient (Wildman–Crippen LogP) is 5.41. The van der Waals surface area contributed by atoms with E-state index in [1.165, 1.54) is 44.2 Å². The monoisotopic (exact) mass is 412 g/mol. The summed E-state index contributed by atoms with van der Waals surface area (Å²) in [6.07, 6.45) is 15.3. The summed E-state index contributed by atoms with van der Waals surface area (Å²) in [5.74, 6) is 0. The molecular formula is C25H40N4O. The molecule has 0 bridgehead atoms. The lowest BCUT2D eigenvalue weighted by Crippen LogP contribution is -2.33. The van der Waals surface area contributed by atoms with E-state index < -0.39 is 0 Å². The fourth-order valence-electron chi connectivity index (χ4n) is 4.06. The highest BCUT2D eigenvalue weighted by Crippen LogP contribution is 2.36. The molecule has 0 saturated carbocycles. The largest absolute Gasteiger partial charge is 0.381 e. The van der Waals surface area contributed by atoms with Gasteiger partial charge in [-0.05, 0) is 51.3 Å². The molecule has 2 aromatic heterocycles. The number of hydrogen-bond acceptors (Lipinski definition) is 5. The molecule has 0 aromatic carbocycles.